The predicted octanol–water partition coefficient (Wildman–Crippen LogP) is 0.995. The molecular weight excluding hydrogens is 374 g/mol. The number of fused-ring (bicyclic) bond motifs is 1. The molecule has 154 valence electrons. The molecular formula is C20H25N5O4. The van der Waals surface area contributed by atoms with E-state index in [1.54, 1.807) is 11.0 Å². The number of aromatic nitrogens is 3. The van der Waals surface area contributed by atoms with E-state index in [4.69, 9.17) is 0 Å². The maximum atomic E-state index is 13.1. The summed E-state index contributed by atoms with van der Waals surface area (Å²) >= 11 is 0. The minimum Gasteiger partial charge on any atom is -0.492 e. The zero-order valence-electron chi connectivity index (χ0n) is 16.6. The number of nitrogens with one attached hydrogen (secondary N) is 1. The molecule has 4 rings (SSSR count). The fourth-order valence-electron chi connectivity index (χ4n) is 3.35. The third-order valence-corrected chi connectivity index (χ3v) is 5.17. The van der Waals surface area contributed by atoms with E-state index >= 15 is 0 Å². The average Bonchev–Trinajstić information content (AvgIpc) is 3.31. The predicted molar refractivity (Wildman–Crippen MR) is 107 cm³/mol. The Kier molecular flexibility index (Phi) is 4.89. The summed E-state index contributed by atoms with van der Waals surface area (Å²) < 4.78 is 2.65. The van der Waals surface area contributed by atoms with E-state index in [0.717, 1.165) is 32.4 Å². The average molecular weight is 399 g/mol. The van der Waals surface area contributed by atoms with Crippen molar-refractivity contribution >= 4 is 23.5 Å². The zero-order chi connectivity index (χ0) is 20.7. The molecule has 2 N–H and O–H groups in total. The molecule has 0 bridgehead atoms. The summed E-state index contributed by atoms with van der Waals surface area (Å²) in [4.78, 5) is 39.6. The molecule has 0 aromatic carbocycles. The molecule has 2 aliphatic rings. The molecule has 2 aromatic heterocycles. The van der Waals surface area contributed by atoms with Crippen molar-refractivity contribution in [1.82, 2.24) is 24.4 Å². The summed E-state index contributed by atoms with van der Waals surface area (Å²) in [6, 6.07) is 0.0548. The summed E-state index contributed by atoms with van der Waals surface area (Å²) in [6.07, 6.45) is 7.28. The van der Waals surface area contributed by atoms with E-state index in [0.29, 0.717) is 17.8 Å². The van der Waals surface area contributed by atoms with Crippen LogP contribution in [0, 0.1) is 5.92 Å². The van der Waals surface area contributed by atoms with Crippen LogP contribution in [-0.4, -0.2) is 55.1 Å². The second-order valence-corrected chi connectivity index (χ2v) is 8.10. The van der Waals surface area contributed by atoms with Gasteiger partial charge in [0.1, 0.15) is 5.65 Å². The first-order valence-corrected chi connectivity index (χ1v) is 9.98. The smallest absolute Gasteiger partial charge is 0.270 e. The van der Waals surface area contributed by atoms with Crippen molar-refractivity contribution in [2.75, 3.05) is 13.1 Å². The lowest BCUT2D eigenvalue weighted by molar-refractivity contribution is -0.129. The number of amides is 2. The third kappa shape index (κ3) is 3.64. The van der Waals surface area contributed by atoms with Gasteiger partial charge in [0.05, 0.1) is 6.20 Å². The van der Waals surface area contributed by atoms with Gasteiger partial charge in [0.25, 0.3) is 11.5 Å². The molecule has 3 heterocycles. The Morgan fingerprint density at radius 2 is 2.07 bits per heavy atom. The Morgan fingerprint density at radius 1 is 1.34 bits per heavy atom. The molecule has 1 aliphatic carbocycles. The van der Waals surface area contributed by atoms with Crippen LogP contribution in [0.3, 0.4) is 0 Å². The lowest BCUT2D eigenvalue weighted by Gasteiger charge is -2.29. The summed E-state index contributed by atoms with van der Waals surface area (Å²) in [6.45, 7) is 5.75. The number of carbonyl (C=O) groups excluding carboxylic acids is 2. The van der Waals surface area contributed by atoms with Crippen LogP contribution in [0.4, 0.5) is 0 Å². The maximum absolute atomic E-state index is 13.1. The van der Waals surface area contributed by atoms with Crippen LogP contribution in [0.15, 0.2) is 17.1 Å². The van der Waals surface area contributed by atoms with Crippen molar-refractivity contribution in [2.45, 2.75) is 45.7 Å². The first kappa shape index (κ1) is 19.2. The summed E-state index contributed by atoms with van der Waals surface area (Å²) in [5.41, 5.74) is 0.0179. The highest BCUT2D eigenvalue weighted by atomic mass is 16.3. The first-order chi connectivity index (χ1) is 13.9. The lowest BCUT2D eigenvalue weighted by atomic mass is 10.2. The fourth-order valence-corrected chi connectivity index (χ4v) is 3.35. The molecule has 2 amide bonds. The molecule has 0 atom stereocenters. The second kappa shape index (κ2) is 7.38. The molecule has 2 fully saturated rings. The van der Waals surface area contributed by atoms with Gasteiger partial charge >= 0.3 is 0 Å². The van der Waals surface area contributed by atoms with Crippen molar-refractivity contribution in [3.05, 3.63) is 33.8 Å². The largest absolute Gasteiger partial charge is 0.492 e. The van der Waals surface area contributed by atoms with Gasteiger partial charge in [-0.3, -0.25) is 19.0 Å². The number of hydrogen-bond acceptors (Lipinski definition) is 5. The first-order valence-electron chi connectivity index (χ1n) is 9.98. The van der Waals surface area contributed by atoms with Gasteiger partial charge in [-0.1, -0.05) is 13.8 Å². The molecule has 2 aromatic rings. The Labute approximate surface area is 167 Å². The van der Waals surface area contributed by atoms with Crippen molar-refractivity contribution in [3.8, 4) is 5.88 Å². The van der Waals surface area contributed by atoms with Gasteiger partial charge in [0.15, 0.2) is 5.56 Å². The number of nitrogens with zero attached hydrogens (tertiary/aromatic N) is 4. The highest BCUT2D eigenvalue weighted by Gasteiger charge is 2.29. The van der Waals surface area contributed by atoms with Crippen LogP contribution >= 0.6 is 0 Å². The molecule has 9 heteroatoms. The zero-order valence-corrected chi connectivity index (χ0v) is 16.6. The van der Waals surface area contributed by atoms with Crippen molar-refractivity contribution in [2.24, 2.45) is 5.92 Å². The molecule has 29 heavy (non-hydrogen) atoms. The van der Waals surface area contributed by atoms with Crippen LogP contribution in [0.25, 0.3) is 11.7 Å². The number of carbonyl (C=O) groups is 2. The minimum atomic E-state index is -0.588. The highest BCUT2D eigenvalue weighted by Crippen LogP contribution is 2.23. The number of likely N-dealkylation sites (tertiary alicyclic amines) is 1. The molecule has 0 spiro atoms. The van der Waals surface area contributed by atoms with Crippen LogP contribution in [0.2, 0.25) is 0 Å². The standard InChI is InChI=1S/C20H25N5O4/c1-12(2)11-24-18-13(4-7-15(26)23-8-3-9-23)10-21-25(18)20(29)16(19(24)28)17(27)22-14-5-6-14/h4,7,10,12,14,29H,3,5-6,8-9,11H2,1-2H3,(H,22,27). The van der Waals surface area contributed by atoms with E-state index < -0.39 is 17.3 Å². The Morgan fingerprint density at radius 3 is 2.66 bits per heavy atom. The van der Waals surface area contributed by atoms with Gasteiger partial charge in [-0.15, -0.1) is 0 Å². The van der Waals surface area contributed by atoms with Crippen molar-refractivity contribution < 1.29 is 14.7 Å². The number of hydrogen-bond donors (Lipinski definition) is 2. The molecule has 0 unspecified atom stereocenters. The van der Waals surface area contributed by atoms with Crippen LogP contribution in [0.5, 0.6) is 5.88 Å². The third-order valence-electron chi connectivity index (χ3n) is 5.17. The van der Waals surface area contributed by atoms with Crippen molar-refractivity contribution in [3.63, 3.8) is 0 Å². The highest BCUT2D eigenvalue weighted by molar-refractivity contribution is 5.97. The number of rotatable bonds is 6. The van der Waals surface area contributed by atoms with E-state index in [9.17, 15) is 19.5 Å². The topological polar surface area (TPSA) is 109 Å². The monoisotopic (exact) mass is 399 g/mol. The second-order valence-electron chi connectivity index (χ2n) is 8.10. The summed E-state index contributed by atoms with van der Waals surface area (Å²) in [5, 5.41) is 17.6. The van der Waals surface area contributed by atoms with Crippen LogP contribution in [-0.2, 0) is 11.3 Å². The van der Waals surface area contributed by atoms with Crippen LogP contribution < -0.4 is 10.9 Å². The maximum Gasteiger partial charge on any atom is 0.270 e. The minimum absolute atomic E-state index is 0.0548. The Bertz CT molecular complexity index is 1060. The Balaban J connectivity index is 1.80. The van der Waals surface area contributed by atoms with E-state index in [1.807, 2.05) is 13.8 Å². The van der Waals surface area contributed by atoms with E-state index in [2.05, 4.69) is 10.4 Å². The van der Waals surface area contributed by atoms with Gasteiger partial charge in [0, 0.05) is 37.3 Å². The van der Waals surface area contributed by atoms with Crippen LogP contribution in [0.1, 0.15) is 49.0 Å². The lowest BCUT2D eigenvalue weighted by Crippen LogP contribution is -2.41. The van der Waals surface area contributed by atoms with E-state index in [-0.39, 0.29) is 23.4 Å². The molecule has 9 nitrogen and oxygen atoms in total. The van der Waals surface area contributed by atoms with Gasteiger partial charge in [-0.2, -0.15) is 9.61 Å². The van der Waals surface area contributed by atoms with Gasteiger partial charge in [-0.05, 0) is 31.3 Å². The normalized spacial score (nSPS) is 16.6. The van der Waals surface area contributed by atoms with Crippen molar-refractivity contribution in [1.29, 1.82) is 0 Å². The summed E-state index contributed by atoms with van der Waals surface area (Å²) in [7, 11) is 0. The molecule has 1 aliphatic heterocycles. The van der Waals surface area contributed by atoms with Gasteiger partial charge in [0.2, 0.25) is 11.8 Å². The SMILES string of the molecule is CC(C)Cn1c(=O)c(C(=O)NC2CC2)c(O)n2ncc(C=CC(=O)N3CCC3)c12. The number of aromatic hydroxyl groups is 1. The van der Waals surface area contributed by atoms with E-state index in [1.165, 1.54) is 21.4 Å². The summed E-state index contributed by atoms with van der Waals surface area (Å²) in [5.74, 6) is -1.06. The Hall–Kier alpha value is -3.10. The molecule has 1 saturated carbocycles. The quantitative estimate of drug-likeness (QED) is 0.705. The molecule has 1 saturated heterocycles. The fraction of sp³-hybridized carbons (Fsp3) is 0.500. The van der Waals surface area contributed by atoms with Gasteiger partial charge in [-0.25, -0.2) is 0 Å². The molecule has 0 radical (unpaired) electrons. The van der Waals surface area contributed by atoms with Gasteiger partial charge < -0.3 is 15.3 Å².